The van der Waals surface area contributed by atoms with Crippen molar-refractivity contribution in [1.29, 1.82) is 0 Å². The van der Waals surface area contributed by atoms with Crippen LogP contribution in [0.15, 0.2) is 42.5 Å². The van der Waals surface area contributed by atoms with Crippen LogP contribution in [0.5, 0.6) is 0 Å². The van der Waals surface area contributed by atoms with E-state index in [-0.39, 0.29) is 0 Å². The highest BCUT2D eigenvalue weighted by atomic mass is 35.5. The van der Waals surface area contributed by atoms with Crippen molar-refractivity contribution >= 4 is 17.3 Å². The van der Waals surface area contributed by atoms with Gasteiger partial charge in [0.2, 0.25) is 0 Å². The van der Waals surface area contributed by atoms with Crippen molar-refractivity contribution in [1.82, 2.24) is 5.32 Å². The third-order valence-electron chi connectivity index (χ3n) is 3.52. The molecule has 0 spiro atoms. The third-order valence-corrected chi connectivity index (χ3v) is 3.76. The van der Waals surface area contributed by atoms with Crippen molar-refractivity contribution in [2.24, 2.45) is 0 Å². The van der Waals surface area contributed by atoms with Gasteiger partial charge in [-0.25, -0.2) is 0 Å². The molecule has 0 saturated carbocycles. The summed E-state index contributed by atoms with van der Waals surface area (Å²) in [7, 11) is 2.13. The van der Waals surface area contributed by atoms with Gasteiger partial charge in [-0.1, -0.05) is 48.4 Å². The van der Waals surface area contributed by atoms with Crippen molar-refractivity contribution in [3.8, 4) is 0 Å². The van der Waals surface area contributed by atoms with Gasteiger partial charge in [-0.15, -0.1) is 0 Å². The van der Waals surface area contributed by atoms with Crippen molar-refractivity contribution in [2.75, 3.05) is 18.5 Å². The molecule has 0 fully saturated rings. The van der Waals surface area contributed by atoms with Gasteiger partial charge in [0.25, 0.3) is 0 Å². The van der Waals surface area contributed by atoms with Gasteiger partial charge in [0.1, 0.15) is 0 Å². The van der Waals surface area contributed by atoms with Crippen molar-refractivity contribution in [2.45, 2.75) is 26.9 Å². The minimum Gasteiger partial charge on any atom is -0.370 e. The zero-order valence-corrected chi connectivity index (χ0v) is 13.7. The predicted octanol–water partition coefficient (Wildman–Crippen LogP) is 4.39. The fraction of sp³-hybridized carbons (Fsp3) is 0.333. The zero-order valence-electron chi connectivity index (χ0n) is 13.0. The average Bonchev–Trinajstić information content (AvgIpc) is 2.45. The van der Waals surface area contributed by atoms with Gasteiger partial charge in [-0.2, -0.15) is 0 Å². The minimum absolute atomic E-state index is 0.788. The summed E-state index contributed by atoms with van der Waals surface area (Å²) >= 11 is 6.14. The van der Waals surface area contributed by atoms with Crippen LogP contribution in [-0.2, 0) is 13.1 Å². The van der Waals surface area contributed by atoms with Gasteiger partial charge in [0.05, 0.1) is 0 Å². The Morgan fingerprint density at radius 3 is 2.67 bits per heavy atom. The average molecular weight is 303 g/mol. The Morgan fingerprint density at radius 2 is 1.95 bits per heavy atom. The molecular formula is C18H23ClN2. The van der Waals surface area contributed by atoms with Crippen molar-refractivity contribution < 1.29 is 0 Å². The number of nitrogens with zero attached hydrogens (tertiary/aromatic N) is 1. The van der Waals surface area contributed by atoms with Crippen LogP contribution in [-0.4, -0.2) is 13.6 Å². The second kappa shape index (κ2) is 7.48. The standard InChI is InChI=1S/C18H23ClN2/c1-4-20-12-16-11-17(19)8-9-18(16)21(3)13-15-7-5-6-14(2)10-15/h5-11,20H,4,12-13H2,1-3H3. The lowest BCUT2D eigenvalue weighted by molar-refractivity contribution is 0.723. The highest BCUT2D eigenvalue weighted by Gasteiger charge is 2.09. The molecule has 1 N–H and O–H groups in total. The van der Waals surface area contributed by atoms with E-state index in [1.165, 1.54) is 22.4 Å². The second-order valence-electron chi connectivity index (χ2n) is 5.40. The molecule has 2 aromatic carbocycles. The van der Waals surface area contributed by atoms with Crippen LogP contribution in [0, 0.1) is 6.92 Å². The molecule has 0 aliphatic carbocycles. The molecule has 0 atom stereocenters. The maximum atomic E-state index is 6.14. The molecule has 2 aromatic rings. The van der Waals surface area contributed by atoms with E-state index in [1.54, 1.807) is 0 Å². The van der Waals surface area contributed by atoms with E-state index in [1.807, 2.05) is 12.1 Å². The lowest BCUT2D eigenvalue weighted by atomic mass is 10.1. The summed E-state index contributed by atoms with van der Waals surface area (Å²) < 4.78 is 0. The van der Waals surface area contributed by atoms with Gasteiger partial charge in [0.15, 0.2) is 0 Å². The normalized spacial score (nSPS) is 10.7. The number of benzene rings is 2. The summed E-state index contributed by atoms with van der Waals surface area (Å²) in [5.41, 5.74) is 5.08. The Labute approximate surface area is 132 Å². The number of rotatable bonds is 6. The first kappa shape index (κ1) is 15.9. The molecule has 2 rings (SSSR count). The zero-order chi connectivity index (χ0) is 15.2. The van der Waals surface area contributed by atoms with Crippen LogP contribution in [0.1, 0.15) is 23.6 Å². The van der Waals surface area contributed by atoms with E-state index in [2.05, 4.69) is 61.4 Å². The van der Waals surface area contributed by atoms with Crippen LogP contribution < -0.4 is 10.2 Å². The van der Waals surface area contributed by atoms with Gasteiger partial charge in [-0.05, 0) is 42.8 Å². The molecular weight excluding hydrogens is 280 g/mol. The van der Waals surface area contributed by atoms with Gasteiger partial charge in [-0.3, -0.25) is 0 Å². The van der Waals surface area contributed by atoms with E-state index in [9.17, 15) is 0 Å². The molecule has 0 aromatic heterocycles. The maximum Gasteiger partial charge on any atom is 0.0426 e. The van der Waals surface area contributed by atoms with Gasteiger partial charge < -0.3 is 10.2 Å². The number of hydrogen-bond acceptors (Lipinski definition) is 2. The molecule has 0 heterocycles. The Balaban J connectivity index is 2.19. The summed E-state index contributed by atoms with van der Waals surface area (Å²) in [6, 6.07) is 14.7. The summed E-state index contributed by atoms with van der Waals surface area (Å²) in [6.45, 7) is 6.92. The molecule has 112 valence electrons. The van der Waals surface area contributed by atoms with E-state index in [0.29, 0.717) is 0 Å². The van der Waals surface area contributed by atoms with Gasteiger partial charge in [0, 0.05) is 30.8 Å². The van der Waals surface area contributed by atoms with Crippen LogP contribution in [0.3, 0.4) is 0 Å². The topological polar surface area (TPSA) is 15.3 Å². The summed E-state index contributed by atoms with van der Waals surface area (Å²) in [6.07, 6.45) is 0. The monoisotopic (exact) mass is 302 g/mol. The lowest BCUT2D eigenvalue weighted by Gasteiger charge is -2.23. The quantitative estimate of drug-likeness (QED) is 0.851. The van der Waals surface area contributed by atoms with E-state index >= 15 is 0 Å². The summed E-state index contributed by atoms with van der Waals surface area (Å²) in [5, 5.41) is 4.16. The largest absolute Gasteiger partial charge is 0.370 e. The highest BCUT2D eigenvalue weighted by Crippen LogP contribution is 2.25. The van der Waals surface area contributed by atoms with Crippen molar-refractivity contribution in [3.63, 3.8) is 0 Å². The molecule has 0 bridgehead atoms. The Morgan fingerprint density at radius 1 is 1.14 bits per heavy atom. The van der Waals surface area contributed by atoms with E-state index < -0.39 is 0 Å². The number of anilines is 1. The molecule has 0 aliphatic rings. The number of hydrogen-bond donors (Lipinski definition) is 1. The third kappa shape index (κ3) is 4.48. The molecule has 0 amide bonds. The molecule has 0 radical (unpaired) electrons. The van der Waals surface area contributed by atoms with Crippen molar-refractivity contribution in [3.05, 3.63) is 64.2 Å². The fourth-order valence-electron chi connectivity index (χ4n) is 2.50. The van der Waals surface area contributed by atoms with Gasteiger partial charge >= 0.3 is 0 Å². The molecule has 2 nitrogen and oxygen atoms in total. The first-order chi connectivity index (χ1) is 10.1. The van der Waals surface area contributed by atoms with E-state index in [4.69, 9.17) is 11.6 Å². The van der Waals surface area contributed by atoms with Crippen LogP contribution in [0.25, 0.3) is 0 Å². The van der Waals surface area contributed by atoms with Crippen LogP contribution >= 0.6 is 11.6 Å². The lowest BCUT2D eigenvalue weighted by Crippen LogP contribution is -2.20. The first-order valence-corrected chi connectivity index (χ1v) is 7.73. The Hall–Kier alpha value is -1.51. The Bertz CT molecular complexity index is 596. The fourth-order valence-corrected chi connectivity index (χ4v) is 2.69. The minimum atomic E-state index is 0.788. The smallest absolute Gasteiger partial charge is 0.0426 e. The first-order valence-electron chi connectivity index (χ1n) is 7.36. The maximum absolute atomic E-state index is 6.14. The predicted molar refractivity (Wildman–Crippen MR) is 92.1 cm³/mol. The number of halogens is 1. The number of nitrogens with one attached hydrogen (secondary N) is 1. The molecule has 0 unspecified atom stereocenters. The summed E-state index contributed by atoms with van der Waals surface area (Å²) in [4.78, 5) is 2.28. The van der Waals surface area contributed by atoms with E-state index in [0.717, 1.165) is 24.7 Å². The Kier molecular flexibility index (Phi) is 5.66. The molecule has 0 saturated heterocycles. The molecule has 0 aliphatic heterocycles. The second-order valence-corrected chi connectivity index (χ2v) is 5.83. The van der Waals surface area contributed by atoms with Crippen LogP contribution in [0.4, 0.5) is 5.69 Å². The highest BCUT2D eigenvalue weighted by molar-refractivity contribution is 6.30. The summed E-state index contributed by atoms with van der Waals surface area (Å²) in [5.74, 6) is 0. The number of aryl methyl sites for hydroxylation is 1. The molecule has 21 heavy (non-hydrogen) atoms. The molecule has 3 heteroatoms. The SMILES string of the molecule is CCNCc1cc(Cl)ccc1N(C)Cc1cccc(C)c1. The van der Waals surface area contributed by atoms with Crippen LogP contribution in [0.2, 0.25) is 5.02 Å².